The van der Waals surface area contributed by atoms with Crippen molar-refractivity contribution in [3.63, 3.8) is 0 Å². The molecule has 39 heavy (non-hydrogen) atoms. The number of carbonyl (C=O) groups excluding carboxylic acids is 1. The summed E-state index contributed by atoms with van der Waals surface area (Å²) in [5.74, 6) is -0.438. The highest BCUT2D eigenvalue weighted by Gasteiger charge is 2.35. The molecule has 2 atom stereocenters. The van der Waals surface area contributed by atoms with Crippen molar-refractivity contribution in [3.05, 3.63) is 56.3 Å². The summed E-state index contributed by atoms with van der Waals surface area (Å²) in [4.78, 5) is 49.2. The quantitative estimate of drug-likeness (QED) is 0.257. The van der Waals surface area contributed by atoms with E-state index in [4.69, 9.17) is 5.73 Å². The number of nitrogens with two attached hydrogens (primary N) is 1. The normalized spacial score (nSPS) is 20.1. The molecule has 1 unspecified atom stereocenters. The van der Waals surface area contributed by atoms with Crippen LogP contribution in [0, 0.1) is 11.8 Å². The molecule has 12 nitrogen and oxygen atoms in total. The number of nitrogens with zero attached hydrogens (tertiary/aromatic N) is 5. The van der Waals surface area contributed by atoms with Gasteiger partial charge in [0.2, 0.25) is 0 Å². The maximum atomic E-state index is 12.9. The molecule has 5 N–H and O–H groups in total. The number of hydrogen-bond donors (Lipinski definition) is 4. The molecule has 2 aliphatic heterocycles. The third-order valence-corrected chi connectivity index (χ3v) is 7.98. The second-order valence-corrected chi connectivity index (χ2v) is 10.4. The third-order valence-electron chi connectivity index (χ3n) is 7.98. The lowest BCUT2D eigenvalue weighted by atomic mass is 9.95. The molecule has 2 aliphatic rings. The van der Waals surface area contributed by atoms with Crippen LogP contribution in [0.15, 0.2) is 34.2 Å². The smallest absolute Gasteiger partial charge is 0.291 e. The molecular formula is C27H40N8O4. The van der Waals surface area contributed by atoms with Crippen LogP contribution < -0.4 is 21.5 Å². The number of aryl methyl sites for hydroxylation is 1. The summed E-state index contributed by atoms with van der Waals surface area (Å²) < 4.78 is 0. The van der Waals surface area contributed by atoms with E-state index < -0.39 is 11.5 Å². The lowest BCUT2D eigenvalue weighted by molar-refractivity contribution is 0.0356. The summed E-state index contributed by atoms with van der Waals surface area (Å²) >= 11 is 0. The number of nitrogens with one attached hydrogen (secondary N) is 2. The maximum Gasteiger partial charge on any atom is 0.291 e. The molecule has 1 amide bonds. The van der Waals surface area contributed by atoms with Crippen LogP contribution in [0.5, 0.6) is 0 Å². The Balaban J connectivity index is 1.38. The predicted octanol–water partition coefficient (Wildman–Crippen LogP) is 1.26. The summed E-state index contributed by atoms with van der Waals surface area (Å²) in [6.45, 7) is 8.22. The predicted molar refractivity (Wildman–Crippen MR) is 151 cm³/mol. The van der Waals surface area contributed by atoms with Crippen molar-refractivity contribution in [3.8, 4) is 0 Å². The molecule has 0 spiro atoms. The van der Waals surface area contributed by atoms with Crippen LogP contribution in [-0.2, 0) is 0 Å². The number of aliphatic hydroxyl groups is 1. The first-order valence-corrected chi connectivity index (χ1v) is 13.8. The number of H-pyrrole nitrogens is 1. The summed E-state index contributed by atoms with van der Waals surface area (Å²) in [6.07, 6.45) is 2.97. The van der Waals surface area contributed by atoms with Gasteiger partial charge in [-0.15, -0.1) is 0 Å². The van der Waals surface area contributed by atoms with E-state index in [0.717, 1.165) is 44.5 Å². The SMILES string of the molecule is CCC1CN(c2nc(N)c(C(=O)NCCN=O)[nH]c2=O)CCN1C1CCN([C@@H](CO)c2ccc(C)cc2)CC1. The third kappa shape index (κ3) is 6.63. The highest BCUT2D eigenvalue weighted by Crippen LogP contribution is 2.29. The number of piperidine rings is 1. The first-order chi connectivity index (χ1) is 18.9. The molecule has 4 rings (SSSR count). The average molecular weight is 541 g/mol. The Morgan fingerprint density at radius 1 is 1.23 bits per heavy atom. The number of amides is 1. The Labute approximate surface area is 228 Å². The van der Waals surface area contributed by atoms with Crippen LogP contribution in [0.25, 0.3) is 0 Å². The minimum absolute atomic E-state index is 0.0142. The van der Waals surface area contributed by atoms with Gasteiger partial charge in [0, 0.05) is 51.4 Å². The van der Waals surface area contributed by atoms with Crippen molar-refractivity contribution in [2.24, 2.45) is 5.18 Å². The molecule has 0 bridgehead atoms. The van der Waals surface area contributed by atoms with E-state index in [9.17, 15) is 19.6 Å². The number of aliphatic hydroxyl groups excluding tert-OH is 1. The Hall–Kier alpha value is -3.35. The van der Waals surface area contributed by atoms with Gasteiger partial charge < -0.3 is 26.0 Å². The first kappa shape index (κ1) is 28.7. The van der Waals surface area contributed by atoms with Gasteiger partial charge in [0.25, 0.3) is 11.5 Å². The zero-order valence-corrected chi connectivity index (χ0v) is 22.8. The summed E-state index contributed by atoms with van der Waals surface area (Å²) in [5, 5.41) is 15.3. The molecule has 212 valence electrons. The van der Waals surface area contributed by atoms with Gasteiger partial charge in [-0.05, 0) is 31.7 Å². The monoisotopic (exact) mass is 540 g/mol. The van der Waals surface area contributed by atoms with E-state index in [0.29, 0.717) is 19.1 Å². The fraction of sp³-hybridized carbons (Fsp3) is 0.593. The molecule has 0 saturated carbocycles. The molecule has 2 fully saturated rings. The fourth-order valence-electron chi connectivity index (χ4n) is 5.80. The van der Waals surface area contributed by atoms with E-state index in [-0.39, 0.29) is 49.1 Å². The second kappa shape index (κ2) is 13.1. The number of aromatic amines is 1. The van der Waals surface area contributed by atoms with Crippen molar-refractivity contribution in [1.82, 2.24) is 25.1 Å². The largest absolute Gasteiger partial charge is 0.394 e. The van der Waals surface area contributed by atoms with E-state index >= 15 is 0 Å². The number of carbonyl (C=O) groups is 1. The van der Waals surface area contributed by atoms with E-state index in [1.807, 2.05) is 4.90 Å². The Bertz CT molecular complexity index is 1180. The molecule has 2 aromatic rings. The Morgan fingerprint density at radius 2 is 1.95 bits per heavy atom. The van der Waals surface area contributed by atoms with Gasteiger partial charge in [-0.25, -0.2) is 4.98 Å². The summed E-state index contributed by atoms with van der Waals surface area (Å²) in [5.41, 5.74) is 7.81. The number of nitroso groups, excluding NO2 is 1. The highest BCUT2D eigenvalue weighted by molar-refractivity contribution is 5.96. The number of anilines is 2. The number of nitrogen functional groups attached to an aromatic ring is 1. The van der Waals surface area contributed by atoms with Crippen LogP contribution in [0.3, 0.4) is 0 Å². The number of hydrogen-bond acceptors (Lipinski definition) is 10. The average Bonchev–Trinajstić information content (AvgIpc) is 2.95. The van der Waals surface area contributed by atoms with Gasteiger partial charge in [0.1, 0.15) is 5.69 Å². The van der Waals surface area contributed by atoms with E-state index in [1.54, 1.807) is 0 Å². The number of piperazine rings is 1. The number of benzene rings is 1. The van der Waals surface area contributed by atoms with Crippen LogP contribution in [0.2, 0.25) is 0 Å². The number of aromatic nitrogens is 2. The minimum Gasteiger partial charge on any atom is -0.394 e. The highest BCUT2D eigenvalue weighted by atomic mass is 16.3. The van der Waals surface area contributed by atoms with Crippen molar-refractivity contribution < 1.29 is 9.90 Å². The zero-order chi connectivity index (χ0) is 27.9. The molecule has 1 aromatic carbocycles. The molecular weight excluding hydrogens is 500 g/mol. The lowest BCUT2D eigenvalue weighted by Gasteiger charge is -2.48. The maximum absolute atomic E-state index is 12.9. The Kier molecular flexibility index (Phi) is 9.65. The van der Waals surface area contributed by atoms with Crippen molar-refractivity contribution >= 4 is 17.5 Å². The van der Waals surface area contributed by atoms with Crippen LogP contribution in [0.4, 0.5) is 11.6 Å². The van der Waals surface area contributed by atoms with E-state index in [1.165, 1.54) is 5.56 Å². The topological polar surface area (TPSA) is 160 Å². The van der Waals surface area contributed by atoms with Gasteiger partial charge in [0.05, 0.1) is 19.2 Å². The Morgan fingerprint density at radius 3 is 2.59 bits per heavy atom. The lowest BCUT2D eigenvalue weighted by Crippen LogP contribution is -2.59. The number of likely N-dealkylation sites (tertiary alicyclic amines) is 1. The molecule has 0 aliphatic carbocycles. The van der Waals surface area contributed by atoms with Crippen molar-refractivity contribution in [1.29, 1.82) is 0 Å². The van der Waals surface area contributed by atoms with Crippen molar-refractivity contribution in [2.45, 2.75) is 51.2 Å². The zero-order valence-electron chi connectivity index (χ0n) is 22.8. The van der Waals surface area contributed by atoms with Crippen LogP contribution >= 0.6 is 0 Å². The molecule has 2 saturated heterocycles. The van der Waals surface area contributed by atoms with Crippen molar-refractivity contribution in [2.75, 3.05) is 63.1 Å². The van der Waals surface area contributed by atoms with Gasteiger partial charge in [-0.3, -0.25) is 19.4 Å². The standard InChI is InChI=1S/C27H40N8O4/c1-3-20-16-34(25-27(38)31-23(24(28)32-25)26(37)29-10-11-30-39)14-15-35(20)21-8-12-33(13-9-21)22(17-36)19-6-4-18(2)5-7-19/h4-7,20-22,36H,3,8-17H2,1-2H3,(H2,28,32)(H,29,37)(H,31,38)/t20?,22-/m0/s1. The second-order valence-electron chi connectivity index (χ2n) is 10.4. The summed E-state index contributed by atoms with van der Waals surface area (Å²) in [7, 11) is 0. The molecule has 3 heterocycles. The van der Waals surface area contributed by atoms with E-state index in [2.05, 4.69) is 68.4 Å². The van der Waals surface area contributed by atoms with Crippen LogP contribution in [0.1, 0.15) is 53.8 Å². The minimum atomic E-state index is -0.597. The summed E-state index contributed by atoms with van der Waals surface area (Å²) in [6, 6.07) is 9.12. The number of rotatable bonds is 10. The molecule has 0 radical (unpaired) electrons. The van der Waals surface area contributed by atoms with Gasteiger partial charge in [0.15, 0.2) is 11.6 Å². The van der Waals surface area contributed by atoms with Gasteiger partial charge in [-0.2, -0.15) is 4.91 Å². The molecule has 1 aromatic heterocycles. The van der Waals surface area contributed by atoms with Gasteiger partial charge in [-0.1, -0.05) is 41.9 Å². The van der Waals surface area contributed by atoms with Crippen LogP contribution in [-0.4, -0.2) is 95.3 Å². The first-order valence-electron chi connectivity index (χ1n) is 13.8. The molecule has 12 heteroatoms. The fourth-order valence-corrected chi connectivity index (χ4v) is 5.80. The van der Waals surface area contributed by atoms with Gasteiger partial charge >= 0.3 is 0 Å².